The summed E-state index contributed by atoms with van der Waals surface area (Å²) in [6.07, 6.45) is 15.8. The van der Waals surface area contributed by atoms with E-state index < -0.39 is 0 Å². The van der Waals surface area contributed by atoms with Gasteiger partial charge in [0.25, 0.3) is 0 Å². The van der Waals surface area contributed by atoms with Crippen LogP contribution in [-0.4, -0.2) is 12.1 Å². The minimum absolute atomic E-state index is 0.0694. The van der Waals surface area contributed by atoms with E-state index in [0.717, 1.165) is 63.2 Å². The molecule has 3 heteroatoms. The number of nitrogens with zero attached hydrogens (tertiary/aromatic N) is 1. The molecule has 2 rings (SSSR count). The Labute approximate surface area is 141 Å². The fourth-order valence-electron chi connectivity index (χ4n) is 4.07. The molecule has 0 bridgehead atoms. The van der Waals surface area contributed by atoms with Crippen molar-refractivity contribution in [2.45, 2.75) is 83.7 Å². The van der Waals surface area contributed by atoms with Crippen molar-refractivity contribution >= 4 is 5.97 Å². The SMILES string of the molecule is CC[C@H]1CC[C@H](C(=O)OC2CCC(CC/C=C/C#N)CC2)CC1. The van der Waals surface area contributed by atoms with Crippen molar-refractivity contribution in [3.05, 3.63) is 12.2 Å². The summed E-state index contributed by atoms with van der Waals surface area (Å²) in [6, 6.07) is 2.03. The Hall–Kier alpha value is -1.30. The highest BCUT2D eigenvalue weighted by Crippen LogP contribution is 2.33. The van der Waals surface area contributed by atoms with Gasteiger partial charge in [-0.2, -0.15) is 5.26 Å². The molecule has 0 saturated heterocycles. The van der Waals surface area contributed by atoms with Crippen LogP contribution in [0.25, 0.3) is 0 Å². The van der Waals surface area contributed by atoms with E-state index in [1.165, 1.54) is 19.3 Å². The number of nitriles is 1. The lowest BCUT2D eigenvalue weighted by atomic mass is 9.80. The van der Waals surface area contributed by atoms with Gasteiger partial charge in [-0.05, 0) is 76.0 Å². The quantitative estimate of drug-likeness (QED) is 0.502. The van der Waals surface area contributed by atoms with E-state index in [1.807, 2.05) is 12.1 Å². The van der Waals surface area contributed by atoms with Gasteiger partial charge in [0.2, 0.25) is 0 Å². The monoisotopic (exact) mass is 317 g/mol. The molecule has 0 radical (unpaired) electrons. The molecule has 0 atom stereocenters. The summed E-state index contributed by atoms with van der Waals surface area (Å²) < 4.78 is 5.80. The molecular weight excluding hydrogens is 286 g/mol. The lowest BCUT2D eigenvalue weighted by molar-refractivity contribution is -0.157. The average molecular weight is 317 g/mol. The Morgan fingerprint density at radius 3 is 2.35 bits per heavy atom. The van der Waals surface area contributed by atoms with Gasteiger partial charge >= 0.3 is 5.97 Å². The number of allylic oxidation sites excluding steroid dienone is 2. The average Bonchev–Trinajstić information content (AvgIpc) is 2.60. The van der Waals surface area contributed by atoms with Crippen LogP contribution >= 0.6 is 0 Å². The zero-order valence-electron chi connectivity index (χ0n) is 14.5. The first-order chi connectivity index (χ1) is 11.2. The first kappa shape index (κ1) is 18.0. The van der Waals surface area contributed by atoms with E-state index in [9.17, 15) is 4.79 Å². The first-order valence-electron chi connectivity index (χ1n) is 9.48. The zero-order chi connectivity index (χ0) is 16.5. The second-order valence-corrected chi connectivity index (χ2v) is 7.31. The fourth-order valence-corrected chi connectivity index (χ4v) is 4.07. The van der Waals surface area contributed by atoms with Crippen LogP contribution in [0.2, 0.25) is 0 Å². The molecule has 2 saturated carbocycles. The molecule has 23 heavy (non-hydrogen) atoms. The summed E-state index contributed by atoms with van der Waals surface area (Å²) in [4.78, 5) is 12.3. The topological polar surface area (TPSA) is 50.1 Å². The van der Waals surface area contributed by atoms with Crippen LogP contribution in [0, 0.1) is 29.1 Å². The number of rotatable bonds is 6. The van der Waals surface area contributed by atoms with E-state index in [-0.39, 0.29) is 18.0 Å². The van der Waals surface area contributed by atoms with Crippen LogP contribution in [0.3, 0.4) is 0 Å². The predicted molar refractivity (Wildman–Crippen MR) is 91.6 cm³/mol. The molecule has 0 aromatic carbocycles. The van der Waals surface area contributed by atoms with Gasteiger partial charge in [-0.15, -0.1) is 0 Å². The molecule has 0 heterocycles. The van der Waals surface area contributed by atoms with Crippen LogP contribution in [-0.2, 0) is 9.53 Å². The second kappa shape index (κ2) is 9.75. The summed E-state index contributed by atoms with van der Waals surface area (Å²) in [5, 5.41) is 8.47. The number of ether oxygens (including phenoxy) is 1. The van der Waals surface area contributed by atoms with E-state index in [2.05, 4.69) is 6.92 Å². The lowest BCUT2D eigenvalue weighted by Gasteiger charge is -2.31. The Balaban J connectivity index is 1.63. The lowest BCUT2D eigenvalue weighted by Crippen LogP contribution is -2.30. The van der Waals surface area contributed by atoms with E-state index in [1.54, 1.807) is 6.08 Å². The predicted octanol–water partition coefficient (Wildman–Crippen LogP) is 5.16. The van der Waals surface area contributed by atoms with Gasteiger partial charge in [0.05, 0.1) is 12.0 Å². The highest BCUT2D eigenvalue weighted by atomic mass is 16.5. The van der Waals surface area contributed by atoms with Crippen molar-refractivity contribution in [1.29, 1.82) is 5.26 Å². The largest absolute Gasteiger partial charge is 0.462 e. The van der Waals surface area contributed by atoms with Gasteiger partial charge in [0.1, 0.15) is 6.10 Å². The van der Waals surface area contributed by atoms with Gasteiger partial charge in [0.15, 0.2) is 0 Å². The summed E-state index contributed by atoms with van der Waals surface area (Å²) >= 11 is 0. The van der Waals surface area contributed by atoms with Gasteiger partial charge in [0, 0.05) is 6.08 Å². The van der Waals surface area contributed by atoms with Crippen molar-refractivity contribution in [3.63, 3.8) is 0 Å². The summed E-state index contributed by atoms with van der Waals surface area (Å²) in [5.74, 6) is 1.78. The van der Waals surface area contributed by atoms with E-state index >= 15 is 0 Å². The van der Waals surface area contributed by atoms with Gasteiger partial charge in [-0.1, -0.05) is 19.4 Å². The maximum absolute atomic E-state index is 12.3. The minimum atomic E-state index is 0.0694. The molecule has 0 unspecified atom stereocenters. The van der Waals surface area contributed by atoms with Gasteiger partial charge in [-0.25, -0.2) is 0 Å². The number of hydrogen-bond acceptors (Lipinski definition) is 3. The van der Waals surface area contributed by atoms with Crippen molar-refractivity contribution in [1.82, 2.24) is 0 Å². The third kappa shape index (κ3) is 6.01. The van der Waals surface area contributed by atoms with Crippen LogP contribution in [0.4, 0.5) is 0 Å². The van der Waals surface area contributed by atoms with Crippen LogP contribution in [0.1, 0.15) is 77.6 Å². The molecular formula is C20H31NO2. The summed E-state index contributed by atoms with van der Waals surface area (Å²) in [7, 11) is 0. The Morgan fingerprint density at radius 2 is 1.74 bits per heavy atom. The molecule has 0 amide bonds. The smallest absolute Gasteiger partial charge is 0.309 e. The number of esters is 1. The Morgan fingerprint density at radius 1 is 1.09 bits per heavy atom. The molecule has 0 spiro atoms. The molecule has 2 aliphatic rings. The van der Waals surface area contributed by atoms with Gasteiger partial charge in [-0.3, -0.25) is 4.79 Å². The van der Waals surface area contributed by atoms with E-state index in [0.29, 0.717) is 0 Å². The normalized spacial score (nSPS) is 31.7. The number of carbonyl (C=O) groups is 1. The molecule has 3 nitrogen and oxygen atoms in total. The molecule has 2 fully saturated rings. The second-order valence-electron chi connectivity index (χ2n) is 7.31. The third-order valence-electron chi connectivity index (χ3n) is 5.77. The Bertz CT molecular complexity index is 421. The van der Waals surface area contributed by atoms with Crippen LogP contribution in [0.5, 0.6) is 0 Å². The summed E-state index contributed by atoms with van der Waals surface area (Å²) in [5.41, 5.74) is 0. The molecule has 128 valence electrons. The highest BCUT2D eigenvalue weighted by molar-refractivity contribution is 5.72. The molecule has 2 aliphatic carbocycles. The van der Waals surface area contributed by atoms with Crippen molar-refractivity contribution in [2.75, 3.05) is 0 Å². The van der Waals surface area contributed by atoms with E-state index in [4.69, 9.17) is 10.00 Å². The summed E-state index contributed by atoms with van der Waals surface area (Å²) in [6.45, 7) is 2.25. The van der Waals surface area contributed by atoms with Gasteiger partial charge < -0.3 is 4.74 Å². The molecule has 0 aromatic heterocycles. The minimum Gasteiger partial charge on any atom is -0.462 e. The molecule has 0 aliphatic heterocycles. The van der Waals surface area contributed by atoms with Crippen molar-refractivity contribution in [3.8, 4) is 6.07 Å². The van der Waals surface area contributed by atoms with Crippen molar-refractivity contribution < 1.29 is 9.53 Å². The fraction of sp³-hybridized carbons (Fsp3) is 0.800. The highest BCUT2D eigenvalue weighted by Gasteiger charge is 2.30. The molecule has 0 N–H and O–H groups in total. The van der Waals surface area contributed by atoms with Crippen LogP contribution in [0.15, 0.2) is 12.2 Å². The standard InChI is InChI=1S/C20H31NO2/c1-2-16-7-11-18(12-8-16)20(22)23-19-13-9-17(10-14-19)6-4-3-5-15-21/h3,5,16-19H,2,4,6-14H2,1H3/b5-3+/t16-,17?,18-,19?. The Kier molecular flexibility index (Phi) is 7.65. The zero-order valence-corrected chi connectivity index (χ0v) is 14.5. The van der Waals surface area contributed by atoms with Crippen LogP contribution < -0.4 is 0 Å². The number of hydrogen-bond donors (Lipinski definition) is 0. The maximum atomic E-state index is 12.3. The first-order valence-corrected chi connectivity index (χ1v) is 9.48. The van der Waals surface area contributed by atoms with Crippen molar-refractivity contribution in [2.24, 2.45) is 17.8 Å². The number of carbonyl (C=O) groups excluding carboxylic acids is 1. The maximum Gasteiger partial charge on any atom is 0.309 e. The third-order valence-corrected chi connectivity index (χ3v) is 5.77. The molecule has 0 aromatic rings.